The molecule has 0 aromatic carbocycles. The summed E-state index contributed by atoms with van der Waals surface area (Å²) in [5.74, 6) is -0.0471. The van der Waals surface area contributed by atoms with Crippen molar-refractivity contribution in [2.24, 2.45) is 0 Å². The van der Waals surface area contributed by atoms with Crippen LogP contribution >= 0.6 is 0 Å². The van der Waals surface area contributed by atoms with Crippen LogP contribution in [0.3, 0.4) is 0 Å². The summed E-state index contributed by atoms with van der Waals surface area (Å²) in [7, 11) is 0. The Morgan fingerprint density at radius 1 is 1.59 bits per heavy atom. The molecule has 22 heavy (non-hydrogen) atoms. The van der Waals surface area contributed by atoms with Crippen molar-refractivity contribution >= 4 is 17.1 Å². The molecule has 2 saturated heterocycles. The number of H-pyrrole nitrogens is 1. The molecule has 5 atom stereocenters. The summed E-state index contributed by atoms with van der Waals surface area (Å²) in [6.45, 7) is 1.34. The molecule has 118 valence electrons. The molecule has 0 saturated carbocycles. The zero-order valence-corrected chi connectivity index (χ0v) is 11.6. The van der Waals surface area contributed by atoms with Gasteiger partial charge in [-0.25, -0.2) is 4.98 Å². The second-order valence-corrected chi connectivity index (χ2v) is 5.58. The molecule has 2 fully saturated rings. The third-order valence-corrected chi connectivity index (χ3v) is 4.45. The summed E-state index contributed by atoms with van der Waals surface area (Å²) >= 11 is 0. The van der Waals surface area contributed by atoms with Gasteiger partial charge in [-0.15, -0.1) is 0 Å². The van der Waals surface area contributed by atoms with Crippen LogP contribution in [0.25, 0.3) is 11.2 Å². The van der Waals surface area contributed by atoms with Crippen LogP contribution in [0.5, 0.6) is 0 Å². The smallest absolute Gasteiger partial charge is 0.280 e. The average molecular weight is 309 g/mol. The number of rotatable bonds is 2. The summed E-state index contributed by atoms with van der Waals surface area (Å²) < 4.78 is 13.0. The van der Waals surface area contributed by atoms with Gasteiger partial charge < -0.3 is 25.4 Å². The monoisotopic (exact) mass is 309 g/mol. The number of anilines is 1. The number of nitrogens with zero attached hydrogens (tertiary/aromatic N) is 3. The van der Waals surface area contributed by atoms with E-state index in [1.165, 1.54) is 10.9 Å². The number of aromatic nitrogens is 4. The van der Waals surface area contributed by atoms with Crippen LogP contribution in [0, 0.1) is 0 Å². The van der Waals surface area contributed by atoms with E-state index in [0.717, 1.165) is 0 Å². The number of hydrogen-bond acceptors (Lipinski definition) is 8. The summed E-state index contributed by atoms with van der Waals surface area (Å²) in [5, 5.41) is 20.0. The predicted molar refractivity (Wildman–Crippen MR) is 72.8 cm³/mol. The SMILES string of the molecule is CC1O[C@H]2[C@H](n3cnc4c(=O)[nH]c(N)nc43)O[C@]1(CO)[C@H]2O. The van der Waals surface area contributed by atoms with Crippen LogP contribution < -0.4 is 11.3 Å². The normalized spacial score (nSPS) is 37.2. The lowest BCUT2D eigenvalue weighted by molar-refractivity contribution is -0.216. The molecule has 0 radical (unpaired) electrons. The van der Waals surface area contributed by atoms with E-state index in [0.29, 0.717) is 0 Å². The van der Waals surface area contributed by atoms with Crippen LogP contribution in [-0.2, 0) is 9.47 Å². The van der Waals surface area contributed by atoms with Crippen LogP contribution in [0.4, 0.5) is 5.95 Å². The molecule has 4 rings (SSSR count). The zero-order chi connectivity index (χ0) is 15.6. The fourth-order valence-corrected chi connectivity index (χ4v) is 3.23. The number of ether oxygens (including phenoxy) is 2. The number of nitrogens with one attached hydrogen (secondary N) is 1. The first-order valence-electron chi connectivity index (χ1n) is 6.82. The Labute approximate surface area is 123 Å². The van der Waals surface area contributed by atoms with Crippen LogP contribution in [0.1, 0.15) is 13.2 Å². The van der Waals surface area contributed by atoms with Crippen molar-refractivity contribution in [1.82, 2.24) is 19.5 Å². The van der Waals surface area contributed by atoms with Crippen molar-refractivity contribution in [2.45, 2.75) is 37.1 Å². The number of hydrogen-bond donors (Lipinski definition) is 4. The van der Waals surface area contributed by atoms with Gasteiger partial charge in [-0.3, -0.25) is 14.3 Å². The molecule has 2 aromatic heterocycles. The van der Waals surface area contributed by atoms with Crippen molar-refractivity contribution in [1.29, 1.82) is 0 Å². The molecule has 10 heteroatoms. The molecule has 2 bridgehead atoms. The number of aliphatic hydroxyl groups excluding tert-OH is 2. The maximum atomic E-state index is 11.8. The molecule has 0 spiro atoms. The Morgan fingerprint density at radius 2 is 2.36 bits per heavy atom. The van der Waals surface area contributed by atoms with Crippen LogP contribution in [0.2, 0.25) is 0 Å². The van der Waals surface area contributed by atoms with Crippen molar-refractivity contribution in [3.05, 3.63) is 16.7 Å². The highest BCUT2D eigenvalue weighted by Crippen LogP contribution is 2.48. The first kappa shape index (κ1) is 13.6. The van der Waals surface area contributed by atoms with Crippen LogP contribution in [0.15, 0.2) is 11.1 Å². The van der Waals surface area contributed by atoms with Gasteiger partial charge in [0, 0.05) is 0 Å². The molecule has 4 heterocycles. The Hall–Kier alpha value is -2.01. The standard InChI is InChI=1S/C12H15N5O5/c1-4-12(2-18)7(19)6(21-4)10(22-12)17-3-14-5-8(17)15-11(13)16-9(5)20/h3-4,6-7,10,18-19H,2H2,1H3,(H3,13,15,16,20)/t4?,6-,7+,10-,12+/m1/s1. The molecule has 1 unspecified atom stereocenters. The Balaban J connectivity index is 1.84. The Kier molecular flexibility index (Phi) is 2.64. The number of aromatic amines is 1. The van der Waals surface area contributed by atoms with Gasteiger partial charge in [0.1, 0.15) is 17.8 Å². The Bertz CT molecular complexity index is 803. The van der Waals surface area contributed by atoms with Gasteiger partial charge in [-0.1, -0.05) is 0 Å². The second kappa shape index (κ2) is 4.26. The van der Waals surface area contributed by atoms with Gasteiger partial charge in [0.15, 0.2) is 17.4 Å². The molecule has 10 nitrogen and oxygen atoms in total. The molecular weight excluding hydrogens is 294 g/mol. The molecule has 0 amide bonds. The maximum absolute atomic E-state index is 11.8. The van der Waals surface area contributed by atoms with E-state index < -0.39 is 35.7 Å². The van der Waals surface area contributed by atoms with E-state index in [1.54, 1.807) is 6.92 Å². The molecule has 2 aliphatic rings. The minimum absolute atomic E-state index is 0.0471. The number of fused-ring (bicyclic) bond motifs is 3. The van der Waals surface area contributed by atoms with E-state index in [4.69, 9.17) is 15.2 Å². The van der Waals surface area contributed by atoms with E-state index in [-0.39, 0.29) is 23.7 Å². The fourth-order valence-electron chi connectivity index (χ4n) is 3.23. The third-order valence-electron chi connectivity index (χ3n) is 4.45. The Morgan fingerprint density at radius 3 is 3.05 bits per heavy atom. The average Bonchev–Trinajstić information content (AvgIpc) is 3.08. The second-order valence-electron chi connectivity index (χ2n) is 5.58. The van der Waals surface area contributed by atoms with Gasteiger partial charge in [-0.2, -0.15) is 4.98 Å². The van der Waals surface area contributed by atoms with Gasteiger partial charge in [0.25, 0.3) is 5.56 Å². The maximum Gasteiger partial charge on any atom is 0.280 e. The van der Waals surface area contributed by atoms with Gasteiger partial charge >= 0.3 is 0 Å². The van der Waals surface area contributed by atoms with E-state index in [2.05, 4.69) is 15.0 Å². The lowest BCUT2D eigenvalue weighted by Crippen LogP contribution is -2.49. The zero-order valence-electron chi connectivity index (χ0n) is 11.6. The van der Waals surface area contributed by atoms with Gasteiger partial charge in [0.2, 0.25) is 5.95 Å². The lowest BCUT2D eigenvalue weighted by Gasteiger charge is -2.34. The van der Waals surface area contributed by atoms with Crippen molar-refractivity contribution in [3.63, 3.8) is 0 Å². The number of imidazole rings is 1. The van der Waals surface area contributed by atoms with Crippen molar-refractivity contribution in [2.75, 3.05) is 12.3 Å². The topological polar surface area (TPSA) is 149 Å². The van der Waals surface area contributed by atoms with E-state index in [1.807, 2.05) is 0 Å². The fraction of sp³-hybridized carbons (Fsp3) is 0.583. The summed E-state index contributed by atoms with van der Waals surface area (Å²) in [5.41, 5.74) is 4.25. The highest BCUT2D eigenvalue weighted by molar-refractivity contribution is 5.70. The van der Waals surface area contributed by atoms with E-state index >= 15 is 0 Å². The number of nitrogen functional groups attached to an aromatic ring is 1. The summed E-state index contributed by atoms with van der Waals surface area (Å²) in [4.78, 5) is 22.2. The highest BCUT2D eigenvalue weighted by Gasteiger charge is 2.65. The number of aliphatic hydroxyl groups is 2. The quantitative estimate of drug-likeness (QED) is 0.503. The van der Waals surface area contributed by atoms with Gasteiger partial charge in [0.05, 0.1) is 19.0 Å². The molecule has 2 aromatic rings. The first-order valence-corrected chi connectivity index (χ1v) is 6.82. The largest absolute Gasteiger partial charge is 0.393 e. The minimum Gasteiger partial charge on any atom is -0.393 e. The predicted octanol–water partition coefficient (Wildman–Crippen LogP) is -1.89. The lowest BCUT2D eigenvalue weighted by atomic mass is 9.95. The van der Waals surface area contributed by atoms with Crippen molar-refractivity contribution in [3.8, 4) is 0 Å². The molecular formula is C12H15N5O5. The summed E-state index contributed by atoms with van der Waals surface area (Å²) in [6, 6.07) is 0. The minimum atomic E-state index is -1.20. The number of nitrogens with two attached hydrogens (primary N) is 1. The highest BCUT2D eigenvalue weighted by atomic mass is 16.7. The third kappa shape index (κ3) is 1.49. The molecule has 0 aliphatic carbocycles. The van der Waals surface area contributed by atoms with Crippen LogP contribution in [-0.4, -0.2) is 60.3 Å². The van der Waals surface area contributed by atoms with Crippen molar-refractivity contribution < 1.29 is 19.7 Å². The summed E-state index contributed by atoms with van der Waals surface area (Å²) in [6.07, 6.45) is -1.51. The first-order chi connectivity index (χ1) is 10.5. The van der Waals surface area contributed by atoms with E-state index in [9.17, 15) is 15.0 Å². The molecule has 5 N–H and O–H groups in total. The molecule has 2 aliphatic heterocycles. The van der Waals surface area contributed by atoms with Gasteiger partial charge in [-0.05, 0) is 6.92 Å².